The molecule has 0 amide bonds. The van der Waals surface area contributed by atoms with E-state index in [9.17, 15) is 10.1 Å². The molecule has 0 aliphatic heterocycles. The van der Waals surface area contributed by atoms with Crippen molar-refractivity contribution in [2.75, 3.05) is 23.7 Å². The minimum Gasteiger partial charge on any atom is -0.370 e. The molecular weight excluding hydrogens is 256 g/mol. The van der Waals surface area contributed by atoms with Crippen LogP contribution in [0.2, 0.25) is 0 Å². The Morgan fingerprint density at radius 3 is 2.50 bits per heavy atom. The normalized spacial score (nSPS) is 16.3. The molecule has 2 rings (SSSR count). The van der Waals surface area contributed by atoms with Gasteiger partial charge in [0.1, 0.15) is 11.6 Å². The highest BCUT2D eigenvalue weighted by molar-refractivity contribution is 5.54. The number of pyridine rings is 1. The van der Waals surface area contributed by atoms with Crippen molar-refractivity contribution in [3.8, 4) is 0 Å². The van der Waals surface area contributed by atoms with Crippen molar-refractivity contribution < 1.29 is 4.92 Å². The zero-order valence-electron chi connectivity index (χ0n) is 12.1. The Morgan fingerprint density at radius 1 is 1.35 bits per heavy atom. The van der Waals surface area contributed by atoms with Gasteiger partial charge < -0.3 is 10.6 Å². The summed E-state index contributed by atoms with van der Waals surface area (Å²) in [6.07, 6.45) is 4.63. The molecule has 6 nitrogen and oxygen atoms in total. The van der Waals surface area contributed by atoms with Gasteiger partial charge in [-0.3, -0.25) is 10.1 Å². The molecule has 1 aliphatic carbocycles. The Bertz CT molecular complexity index is 486. The van der Waals surface area contributed by atoms with E-state index in [1.807, 2.05) is 6.92 Å². The van der Waals surface area contributed by atoms with Gasteiger partial charge in [0, 0.05) is 13.1 Å². The third-order valence-corrected chi connectivity index (χ3v) is 3.83. The van der Waals surface area contributed by atoms with E-state index >= 15 is 0 Å². The molecule has 0 bridgehead atoms. The average molecular weight is 278 g/mol. The van der Waals surface area contributed by atoms with Crippen LogP contribution in [0.4, 0.5) is 17.3 Å². The average Bonchev–Trinajstić information content (AvgIpc) is 2.40. The van der Waals surface area contributed by atoms with Crippen LogP contribution in [-0.2, 0) is 0 Å². The largest absolute Gasteiger partial charge is 0.370 e. The minimum absolute atomic E-state index is 0.0693. The molecule has 0 spiro atoms. The number of nitrogens with zero attached hydrogens (tertiary/aromatic N) is 2. The van der Waals surface area contributed by atoms with Gasteiger partial charge in [-0.05, 0) is 24.7 Å². The lowest BCUT2D eigenvalue weighted by Gasteiger charge is -2.38. The van der Waals surface area contributed by atoms with Crippen molar-refractivity contribution in [3.05, 3.63) is 22.2 Å². The fraction of sp³-hybridized carbons (Fsp3) is 0.643. The highest BCUT2D eigenvalue weighted by atomic mass is 16.6. The van der Waals surface area contributed by atoms with Crippen LogP contribution in [-0.4, -0.2) is 23.0 Å². The van der Waals surface area contributed by atoms with E-state index in [2.05, 4.69) is 22.5 Å². The Balaban J connectivity index is 2.09. The summed E-state index contributed by atoms with van der Waals surface area (Å²) in [5, 5.41) is 17.3. The smallest absolute Gasteiger partial charge is 0.276 e. The monoisotopic (exact) mass is 278 g/mol. The molecule has 110 valence electrons. The third kappa shape index (κ3) is 3.59. The van der Waals surface area contributed by atoms with Crippen molar-refractivity contribution in [2.45, 2.75) is 39.5 Å². The zero-order chi connectivity index (χ0) is 14.6. The van der Waals surface area contributed by atoms with Crippen LogP contribution in [0.1, 0.15) is 39.5 Å². The molecule has 1 fully saturated rings. The summed E-state index contributed by atoms with van der Waals surface area (Å²) >= 11 is 0. The predicted octanol–water partition coefficient (Wildman–Crippen LogP) is 3.41. The van der Waals surface area contributed by atoms with E-state index in [1.54, 1.807) is 0 Å². The summed E-state index contributed by atoms with van der Waals surface area (Å²) in [5.74, 6) is 1.13. The summed E-state index contributed by atoms with van der Waals surface area (Å²) in [6, 6.07) is 2.98. The first-order valence-corrected chi connectivity index (χ1v) is 7.17. The summed E-state index contributed by atoms with van der Waals surface area (Å²) in [4.78, 5) is 15.0. The summed E-state index contributed by atoms with van der Waals surface area (Å²) in [7, 11) is 0. The minimum atomic E-state index is -0.380. The van der Waals surface area contributed by atoms with Gasteiger partial charge in [0.2, 0.25) is 0 Å². The zero-order valence-corrected chi connectivity index (χ0v) is 12.1. The SMILES string of the molecule is CCCNc1cc([N+](=O)[O-])cc(NCC2(C)CCC2)n1. The van der Waals surface area contributed by atoms with Crippen LogP contribution in [0.5, 0.6) is 0 Å². The second kappa shape index (κ2) is 6.07. The Labute approximate surface area is 119 Å². The van der Waals surface area contributed by atoms with Gasteiger partial charge in [0.05, 0.1) is 17.1 Å². The highest BCUT2D eigenvalue weighted by Gasteiger charge is 2.31. The first-order chi connectivity index (χ1) is 9.52. The van der Waals surface area contributed by atoms with E-state index in [4.69, 9.17) is 0 Å². The number of nitrogens with one attached hydrogen (secondary N) is 2. The molecule has 1 aliphatic rings. The lowest BCUT2D eigenvalue weighted by molar-refractivity contribution is -0.384. The maximum Gasteiger partial charge on any atom is 0.276 e. The van der Waals surface area contributed by atoms with Gasteiger partial charge >= 0.3 is 0 Å². The molecule has 6 heteroatoms. The predicted molar refractivity (Wildman–Crippen MR) is 80.1 cm³/mol. The molecule has 0 unspecified atom stereocenters. The van der Waals surface area contributed by atoms with E-state index in [1.165, 1.54) is 31.4 Å². The fourth-order valence-corrected chi connectivity index (χ4v) is 2.32. The lowest BCUT2D eigenvalue weighted by atomic mass is 9.70. The summed E-state index contributed by atoms with van der Waals surface area (Å²) in [6.45, 7) is 5.84. The van der Waals surface area contributed by atoms with Gasteiger partial charge in [-0.25, -0.2) is 4.98 Å². The number of nitro groups is 1. The second-order valence-electron chi connectivity index (χ2n) is 5.80. The molecule has 1 aromatic heterocycles. The first-order valence-electron chi connectivity index (χ1n) is 7.17. The maximum absolute atomic E-state index is 11.0. The Kier molecular flexibility index (Phi) is 4.42. The molecule has 0 atom stereocenters. The van der Waals surface area contributed by atoms with E-state index in [0.717, 1.165) is 19.5 Å². The van der Waals surface area contributed by atoms with Gasteiger partial charge in [-0.15, -0.1) is 0 Å². The van der Waals surface area contributed by atoms with Crippen molar-refractivity contribution in [3.63, 3.8) is 0 Å². The topological polar surface area (TPSA) is 80.1 Å². The van der Waals surface area contributed by atoms with Crippen molar-refractivity contribution in [1.29, 1.82) is 0 Å². The van der Waals surface area contributed by atoms with Crippen LogP contribution in [0.25, 0.3) is 0 Å². The number of anilines is 2. The van der Waals surface area contributed by atoms with Gasteiger partial charge in [-0.2, -0.15) is 0 Å². The number of hydrogen-bond donors (Lipinski definition) is 2. The molecule has 0 saturated heterocycles. The van der Waals surface area contributed by atoms with E-state index in [0.29, 0.717) is 17.1 Å². The Morgan fingerprint density at radius 2 is 2.00 bits per heavy atom. The quantitative estimate of drug-likeness (QED) is 0.590. The number of aromatic nitrogens is 1. The molecule has 0 aromatic carbocycles. The van der Waals surface area contributed by atoms with E-state index in [-0.39, 0.29) is 10.6 Å². The van der Waals surface area contributed by atoms with Crippen LogP contribution in [0.3, 0.4) is 0 Å². The second-order valence-corrected chi connectivity index (χ2v) is 5.80. The molecular formula is C14H22N4O2. The summed E-state index contributed by atoms with van der Waals surface area (Å²) in [5.41, 5.74) is 0.378. The first kappa shape index (κ1) is 14.6. The lowest BCUT2D eigenvalue weighted by Crippen LogP contribution is -2.33. The van der Waals surface area contributed by atoms with Crippen molar-refractivity contribution in [1.82, 2.24) is 4.98 Å². The molecule has 0 radical (unpaired) electrons. The van der Waals surface area contributed by atoms with Crippen molar-refractivity contribution in [2.24, 2.45) is 5.41 Å². The number of hydrogen-bond acceptors (Lipinski definition) is 5. The van der Waals surface area contributed by atoms with Gasteiger partial charge in [0.25, 0.3) is 5.69 Å². The molecule has 1 aromatic rings. The standard InChI is InChI=1S/C14H22N4O2/c1-3-7-15-12-8-11(18(19)20)9-13(17-12)16-10-14(2)5-4-6-14/h8-9H,3-7,10H2,1-2H3,(H2,15,16,17). The fourth-order valence-electron chi connectivity index (χ4n) is 2.32. The van der Waals surface area contributed by atoms with E-state index < -0.39 is 0 Å². The summed E-state index contributed by atoms with van der Waals surface area (Å²) < 4.78 is 0. The highest BCUT2D eigenvalue weighted by Crippen LogP contribution is 2.40. The van der Waals surface area contributed by atoms with Crippen LogP contribution < -0.4 is 10.6 Å². The molecule has 20 heavy (non-hydrogen) atoms. The molecule has 2 N–H and O–H groups in total. The molecule has 1 heterocycles. The number of rotatable bonds is 7. The molecule has 1 saturated carbocycles. The van der Waals surface area contributed by atoms with Crippen molar-refractivity contribution >= 4 is 17.3 Å². The van der Waals surface area contributed by atoms with Crippen LogP contribution in [0, 0.1) is 15.5 Å². The Hall–Kier alpha value is -1.85. The maximum atomic E-state index is 11.0. The van der Waals surface area contributed by atoms with Crippen LogP contribution >= 0.6 is 0 Å². The van der Waals surface area contributed by atoms with Gasteiger partial charge in [0.15, 0.2) is 0 Å². The van der Waals surface area contributed by atoms with Crippen LogP contribution in [0.15, 0.2) is 12.1 Å². The van der Waals surface area contributed by atoms with Gasteiger partial charge in [-0.1, -0.05) is 20.3 Å². The third-order valence-electron chi connectivity index (χ3n) is 3.83.